The van der Waals surface area contributed by atoms with Crippen LogP contribution in [0.3, 0.4) is 0 Å². The Labute approximate surface area is 128 Å². The number of likely N-dealkylation sites (tertiary alicyclic amines) is 1. The molecule has 2 fully saturated rings. The summed E-state index contributed by atoms with van der Waals surface area (Å²) in [4.78, 5) is 26.4. The number of carbonyl (C=O) groups is 2. The zero-order chi connectivity index (χ0) is 15.0. The van der Waals surface area contributed by atoms with Crippen LogP contribution >= 0.6 is 11.6 Å². The summed E-state index contributed by atoms with van der Waals surface area (Å²) in [5.41, 5.74) is 0. The van der Waals surface area contributed by atoms with Crippen LogP contribution in [0.1, 0.15) is 42.7 Å². The van der Waals surface area contributed by atoms with Crippen molar-refractivity contribution in [3.8, 4) is 0 Å². The van der Waals surface area contributed by atoms with E-state index in [1.165, 1.54) is 13.2 Å². The Bertz CT molecular complexity index is 556. The number of ether oxygens (including phenoxy) is 1. The van der Waals surface area contributed by atoms with E-state index in [4.69, 9.17) is 20.8 Å². The molecule has 1 aliphatic heterocycles. The van der Waals surface area contributed by atoms with Gasteiger partial charge in [-0.3, -0.25) is 4.79 Å². The van der Waals surface area contributed by atoms with Gasteiger partial charge in [-0.2, -0.15) is 0 Å². The van der Waals surface area contributed by atoms with Gasteiger partial charge < -0.3 is 14.1 Å². The van der Waals surface area contributed by atoms with Gasteiger partial charge in [-0.15, -0.1) is 0 Å². The van der Waals surface area contributed by atoms with Crippen LogP contribution in [0.4, 0.5) is 0 Å². The number of nitrogens with zero attached hydrogens (tertiary/aromatic N) is 1. The van der Waals surface area contributed by atoms with Crippen molar-refractivity contribution in [2.75, 3.05) is 7.11 Å². The number of rotatable bonds is 2. The van der Waals surface area contributed by atoms with Gasteiger partial charge in [0.15, 0.2) is 11.0 Å². The van der Waals surface area contributed by atoms with Crippen LogP contribution in [0.15, 0.2) is 16.5 Å². The van der Waals surface area contributed by atoms with Crippen molar-refractivity contribution >= 4 is 23.5 Å². The third-order valence-electron chi connectivity index (χ3n) is 4.58. The first kappa shape index (κ1) is 14.4. The Morgan fingerprint density at radius 3 is 2.76 bits per heavy atom. The number of amides is 1. The minimum atomic E-state index is -0.514. The SMILES string of the molecule is COC(=O)[C@@H]1C[C@H]2CCCC[C@H]2N1C(=O)c1ccc(Cl)o1. The Morgan fingerprint density at radius 1 is 1.33 bits per heavy atom. The fourth-order valence-electron chi connectivity index (χ4n) is 3.66. The first-order valence-electron chi connectivity index (χ1n) is 7.27. The second-order valence-corrected chi connectivity index (χ2v) is 6.08. The summed E-state index contributed by atoms with van der Waals surface area (Å²) >= 11 is 5.75. The fourth-order valence-corrected chi connectivity index (χ4v) is 3.80. The highest BCUT2D eigenvalue weighted by Crippen LogP contribution is 2.41. The van der Waals surface area contributed by atoms with E-state index in [2.05, 4.69) is 0 Å². The largest absolute Gasteiger partial charge is 0.467 e. The van der Waals surface area contributed by atoms with Gasteiger partial charge in [0.1, 0.15) is 6.04 Å². The first-order valence-corrected chi connectivity index (χ1v) is 7.65. The average molecular weight is 312 g/mol. The number of carbonyl (C=O) groups excluding carboxylic acids is 2. The normalized spacial score (nSPS) is 28.3. The van der Waals surface area contributed by atoms with E-state index < -0.39 is 6.04 Å². The maximum atomic E-state index is 12.7. The summed E-state index contributed by atoms with van der Waals surface area (Å²) in [6, 6.07) is 2.67. The van der Waals surface area contributed by atoms with Gasteiger partial charge in [-0.05, 0) is 48.9 Å². The summed E-state index contributed by atoms with van der Waals surface area (Å²) in [6.07, 6.45) is 4.90. The highest BCUT2D eigenvalue weighted by Gasteiger charge is 2.48. The Kier molecular flexibility index (Phi) is 3.93. The van der Waals surface area contributed by atoms with E-state index in [-0.39, 0.29) is 28.9 Å². The lowest BCUT2D eigenvalue weighted by Crippen LogP contribution is -2.46. The van der Waals surface area contributed by atoms with Crippen molar-refractivity contribution < 1.29 is 18.7 Å². The van der Waals surface area contributed by atoms with Crippen LogP contribution in [-0.4, -0.2) is 36.0 Å². The summed E-state index contributed by atoms with van der Waals surface area (Å²) in [7, 11) is 1.36. The highest BCUT2D eigenvalue weighted by atomic mass is 35.5. The van der Waals surface area contributed by atoms with Crippen molar-refractivity contribution in [1.82, 2.24) is 4.90 Å². The second-order valence-electron chi connectivity index (χ2n) is 5.70. The molecule has 0 unspecified atom stereocenters. The Morgan fingerprint density at radius 2 is 2.10 bits per heavy atom. The number of methoxy groups -OCH3 is 1. The van der Waals surface area contributed by atoms with E-state index >= 15 is 0 Å². The molecule has 0 spiro atoms. The second kappa shape index (κ2) is 5.72. The molecule has 3 atom stereocenters. The van der Waals surface area contributed by atoms with Gasteiger partial charge in [-0.25, -0.2) is 4.79 Å². The van der Waals surface area contributed by atoms with Crippen LogP contribution in [0.5, 0.6) is 0 Å². The zero-order valence-electron chi connectivity index (χ0n) is 11.9. The van der Waals surface area contributed by atoms with E-state index in [1.807, 2.05) is 0 Å². The summed E-state index contributed by atoms with van der Waals surface area (Å²) < 4.78 is 10.1. The molecule has 0 radical (unpaired) electrons. The Balaban J connectivity index is 1.90. The lowest BCUT2D eigenvalue weighted by atomic mass is 9.84. The smallest absolute Gasteiger partial charge is 0.328 e. The molecule has 3 rings (SSSR count). The molecular formula is C15H18ClNO4. The van der Waals surface area contributed by atoms with Gasteiger partial charge >= 0.3 is 5.97 Å². The number of furan rings is 1. The first-order chi connectivity index (χ1) is 10.1. The van der Waals surface area contributed by atoms with Crippen molar-refractivity contribution in [1.29, 1.82) is 0 Å². The van der Waals surface area contributed by atoms with Crippen LogP contribution in [0.2, 0.25) is 5.22 Å². The molecule has 1 amide bonds. The third kappa shape index (κ3) is 2.55. The minimum Gasteiger partial charge on any atom is -0.467 e. The van der Waals surface area contributed by atoms with Crippen LogP contribution in [0.25, 0.3) is 0 Å². The molecule has 114 valence electrons. The minimum absolute atomic E-state index is 0.0965. The molecule has 1 aromatic rings. The highest BCUT2D eigenvalue weighted by molar-refractivity contribution is 6.29. The molecule has 1 aromatic heterocycles. The zero-order valence-corrected chi connectivity index (χ0v) is 12.6. The van der Waals surface area contributed by atoms with Crippen LogP contribution in [-0.2, 0) is 9.53 Å². The van der Waals surface area contributed by atoms with E-state index in [0.717, 1.165) is 25.7 Å². The average Bonchev–Trinajstić information content (AvgIpc) is 3.09. The van der Waals surface area contributed by atoms with Crippen LogP contribution in [0, 0.1) is 5.92 Å². The van der Waals surface area contributed by atoms with E-state index in [1.54, 1.807) is 11.0 Å². The topological polar surface area (TPSA) is 59.8 Å². The molecule has 2 heterocycles. The molecule has 0 bridgehead atoms. The summed E-state index contributed by atoms with van der Waals surface area (Å²) in [5, 5.41) is 0.173. The van der Waals surface area contributed by atoms with Gasteiger partial charge in [0.25, 0.3) is 5.91 Å². The summed E-state index contributed by atoms with van der Waals surface area (Å²) in [6.45, 7) is 0. The van der Waals surface area contributed by atoms with Gasteiger partial charge in [0, 0.05) is 6.04 Å². The van der Waals surface area contributed by atoms with E-state index in [0.29, 0.717) is 12.3 Å². The number of esters is 1. The number of fused-ring (bicyclic) bond motifs is 1. The monoisotopic (exact) mass is 311 g/mol. The van der Waals surface area contributed by atoms with Crippen molar-refractivity contribution in [3.05, 3.63) is 23.1 Å². The third-order valence-corrected chi connectivity index (χ3v) is 4.78. The van der Waals surface area contributed by atoms with Crippen molar-refractivity contribution in [3.63, 3.8) is 0 Å². The van der Waals surface area contributed by atoms with Gasteiger partial charge in [-0.1, -0.05) is 12.8 Å². The maximum Gasteiger partial charge on any atom is 0.328 e. The lowest BCUT2D eigenvalue weighted by molar-refractivity contribution is -0.145. The quantitative estimate of drug-likeness (QED) is 0.788. The van der Waals surface area contributed by atoms with E-state index in [9.17, 15) is 9.59 Å². The molecule has 0 N–H and O–H groups in total. The molecular weight excluding hydrogens is 294 g/mol. The number of hydrogen-bond donors (Lipinski definition) is 0. The molecule has 21 heavy (non-hydrogen) atoms. The molecule has 0 aromatic carbocycles. The molecule has 1 aliphatic carbocycles. The maximum absolute atomic E-state index is 12.7. The predicted molar refractivity (Wildman–Crippen MR) is 76.1 cm³/mol. The summed E-state index contributed by atoms with van der Waals surface area (Å²) in [5.74, 6) is -0.0699. The predicted octanol–water partition coefficient (Wildman–Crippen LogP) is 2.88. The molecule has 6 heteroatoms. The number of halogens is 1. The van der Waals surface area contributed by atoms with Crippen molar-refractivity contribution in [2.24, 2.45) is 5.92 Å². The number of hydrogen-bond acceptors (Lipinski definition) is 4. The molecule has 5 nitrogen and oxygen atoms in total. The molecule has 1 saturated carbocycles. The standard InChI is InChI=1S/C15H18ClNO4/c1-20-15(19)11-8-9-4-2-3-5-10(9)17(11)14(18)12-6-7-13(16)21-12/h6-7,9-11H,2-5,8H2,1H3/t9-,10-,11+/m1/s1. The van der Waals surface area contributed by atoms with Gasteiger partial charge in [0.05, 0.1) is 7.11 Å². The Hall–Kier alpha value is -1.49. The van der Waals surface area contributed by atoms with Gasteiger partial charge in [0.2, 0.25) is 0 Å². The molecule has 1 saturated heterocycles. The lowest BCUT2D eigenvalue weighted by Gasteiger charge is -2.32. The molecule has 2 aliphatic rings. The fraction of sp³-hybridized carbons (Fsp3) is 0.600. The van der Waals surface area contributed by atoms with Crippen molar-refractivity contribution in [2.45, 2.75) is 44.2 Å². The van der Waals surface area contributed by atoms with Crippen LogP contribution < -0.4 is 0 Å².